The van der Waals surface area contributed by atoms with Gasteiger partial charge in [-0.15, -0.1) is 0 Å². The molecule has 2 unspecified atom stereocenters. The molecule has 324 valence electrons. The molecule has 0 fully saturated rings. The molecule has 0 bridgehead atoms. The monoisotopic (exact) mass is 776 g/mol. The first kappa shape index (κ1) is 53.3. The average Bonchev–Trinajstić information content (AvgIpc) is 3.18. The van der Waals surface area contributed by atoms with Gasteiger partial charge in [0.05, 0.1) is 25.4 Å². The zero-order valence-corrected chi connectivity index (χ0v) is 36.7. The summed E-state index contributed by atoms with van der Waals surface area (Å²) in [6.45, 7) is 4.83. The van der Waals surface area contributed by atoms with Crippen LogP contribution < -0.4 is 5.32 Å². The lowest BCUT2D eigenvalue weighted by Gasteiger charge is -2.20. The first-order valence-corrected chi connectivity index (χ1v) is 24.1. The van der Waals surface area contributed by atoms with E-state index in [2.05, 4.69) is 31.3 Å². The van der Waals surface area contributed by atoms with Crippen molar-refractivity contribution in [2.75, 3.05) is 13.2 Å². The van der Waals surface area contributed by atoms with Crippen molar-refractivity contribution in [1.29, 1.82) is 0 Å². The number of hydrogen-bond acceptors (Lipinski definition) is 5. The number of amides is 1. The van der Waals surface area contributed by atoms with Crippen LogP contribution in [0.25, 0.3) is 0 Å². The number of nitrogens with one attached hydrogen (secondary N) is 1. The van der Waals surface area contributed by atoms with E-state index in [-0.39, 0.29) is 18.5 Å². The Morgan fingerprint density at radius 3 is 1.29 bits per heavy atom. The molecule has 0 aliphatic rings. The van der Waals surface area contributed by atoms with E-state index in [0.29, 0.717) is 19.4 Å². The Labute approximate surface area is 341 Å². The Bertz CT molecular complexity index is 858. The Balaban J connectivity index is 3.44. The standard InChI is InChI=1S/C49H93NO5/c1-3-5-7-9-11-13-14-15-20-23-27-31-35-39-43-49(54)55-44-40-36-32-28-24-21-18-16-17-19-22-26-30-34-38-42-48(53)50-46(45-51)47(52)41-37-33-29-25-12-10-8-6-4-2/h14-15,37,41,46-47,51-52H,3-13,16-36,38-40,42-45H2,1-2H3,(H,50,53)/b15-14-,41-37+. The summed E-state index contributed by atoms with van der Waals surface area (Å²) < 4.78 is 5.45. The van der Waals surface area contributed by atoms with Crippen LogP contribution in [0.15, 0.2) is 24.3 Å². The van der Waals surface area contributed by atoms with Gasteiger partial charge in [-0.05, 0) is 57.8 Å². The van der Waals surface area contributed by atoms with Crippen molar-refractivity contribution in [3.63, 3.8) is 0 Å². The van der Waals surface area contributed by atoms with Gasteiger partial charge in [0.15, 0.2) is 0 Å². The normalized spacial score (nSPS) is 12.9. The molecule has 0 aliphatic carbocycles. The number of allylic oxidation sites excluding steroid dienone is 3. The average molecular weight is 776 g/mol. The molecule has 0 aromatic rings. The molecule has 0 saturated heterocycles. The summed E-state index contributed by atoms with van der Waals surface area (Å²) in [6, 6.07) is -0.631. The summed E-state index contributed by atoms with van der Waals surface area (Å²) in [5.74, 6) is -0.0900. The Morgan fingerprint density at radius 2 is 0.855 bits per heavy atom. The van der Waals surface area contributed by atoms with Gasteiger partial charge in [0.1, 0.15) is 0 Å². The van der Waals surface area contributed by atoms with Gasteiger partial charge in [0.2, 0.25) is 5.91 Å². The lowest BCUT2D eigenvalue weighted by atomic mass is 10.0. The van der Waals surface area contributed by atoms with Crippen molar-refractivity contribution in [2.45, 2.75) is 264 Å². The lowest BCUT2D eigenvalue weighted by molar-refractivity contribution is -0.143. The van der Waals surface area contributed by atoms with Gasteiger partial charge in [-0.1, -0.05) is 205 Å². The maximum atomic E-state index is 12.3. The highest BCUT2D eigenvalue weighted by Gasteiger charge is 2.18. The van der Waals surface area contributed by atoms with Crippen molar-refractivity contribution in [3.8, 4) is 0 Å². The Morgan fingerprint density at radius 1 is 0.491 bits per heavy atom. The number of aliphatic hydroxyl groups is 2. The van der Waals surface area contributed by atoms with Crippen LogP contribution in [0.2, 0.25) is 0 Å². The summed E-state index contributed by atoms with van der Waals surface area (Å²) in [4.78, 5) is 24.3. The number of rotatable bonds is 44. The van der Waals surface area contributed by atoms with Gasteiger partial charge in [-0.2, -0.15) is 0 Å². The summed E-state index contributed by atoms with van der Waals surface area (Å²) in [5.41, 5.74) is 0. The molecule has 6 nitrogen and oxygen atoms in total. The first-order chi connectivity index (χ1) is 27.0. The van der Waals surface area contributed by atoms with Crippen molar-refractivity contribution < 1.29 is 24.5 Å². The van der Waals surface area contributed by atoms with Gasteiger partial charge in [-0.3, -0.25) is 9.59 Å². The fourth-order valence-electron chi connectivity index (χ4n) is 7.21. The highest BCUT2D eigenvalue weighted by molar-refractivity contribution is 5.76. The van der Waals surface area contributed by atoms with E-state index in [1.54, 1.807) is 6.08 Å². The van der Waals surface area contributed by atoms with Gasteiger partial charge in [0.25, 0.3) is 0 Å². The number of hydrogen-bond donors (Lipinski definition) is 3. The number of ether oxygens (including phenoxy) is 1. The van der Waals surface area contributed by atoms with Gasteiger partial charge in [0, 0.05) is 12.8 Å². The van der Waals surface area contributed by atoms with E-state index in [1.165, 1.54) is 167 Å². The van der Waals surface area contributed by atoms with Crippen molar-refractivity contribution in [1.82, 2.24) is 5.32 Å². The Hall–Kier alpha value is -1.66. The molecule has 0 radical (unpaired) electrons. The third-order valence-corrected chi connectivity index (χ3v) is 11.0. The fraction of sp³-hybridized carbons (Fsp3) is 0.878. The van der Waals surface area contributed by atoms with Gasteiger partial charge >= 0.3 is 5.97 Å². The smallest absolute Gasteiger partial charge is 0.305 e. The minimum atomic E-state index is -0.847. The zero-order valence-electron chi connectivity index (χ0n) is 36.7. The quantitative estimate of drug-likeness (QED) is 0.0325. The fourth-order valence-corrected chi connectivity index (χ4v) is 7.21. The summed E-state index contributed by atoms with van der Waals surface area (Å²) in [6.07, 6.45) is 51.7. The molecule has 1 amide bonds. The summed E-state index contributed by atoms with van der Waals surface area (Å²) >= 11 is 0. The third kappa shape index (κ3) is 41.8. The number of unbranched alkanes of at least 4 members (excludes halogenated alkanes) is 31. The minimum absolute atomic E-state index is 0.00989. The molecule has 0 saturated carbocycles. The summed E-state index contributed by atoms with van der Waals surface area (Å²) in [5, 5.41) is 22.9. The molecule has 0 aliphatic heterocycles. The summed E-state index contributed by atoms with van der Waals surface area (Å²) in [7, 11) is 0. The van der Waals surface area contributed by atoms with Crippen LogP contribution in [0.5, 0.6) is 0 Å². The maximum Gasteiger partial charge on any atom is 0.305 e. The maximum absolute atomic E-state index is 12.3. The van der Waals surface area contributed by atoms with Gasteiger partial charge in [-0.25, -0.2) is 0 Å². The second-order valence-electron chi connectivity index (χ2n) is 16.4. The molecule has 0 rings (SSSR count). The molecule has 6 heteroatoms. The highest BCUT2D eigenvalue weighted by Crippen LogP contribution is 2.15. The molecule has 3 N–H and O–H groups in total. The molecule has 2 atom stereocenters. The lowest BCUT2D eigenvalue weighted by Crippen LogP contribution is -2.45. The minimum Gasteiger partial charge on any atom is -0.466 e. The molecule has 0 spiro atoms. The molecule has 0 aromatic heterocycles. The van der Waals surface area contributed by atoms with E-state index >= 15 is 0 Å². The van der Waals surface area contributed by atoms with Crippen molar-refractivity contribution in [3.05, 3.63) is 24.3 Å². The number of aliphatic hydroxyl groups excluding tert-OH is 2. The predicted molar refractivity (Wildman–Crippen MR) is 236 cm³/mol. The highest BCUT2D eigenvalue weighted by atomic mass is 16.5. The third-order valence-electron chi connectivity index (χ3n) is 11.0. The van der Waals surface area contributed by atoms with Crippen LogP contribution in [-0.4, -0.2) is 47.4 Å². The van der Waals surface area contributed by atoms with Crippen LogP contribution in [0.4, 0.5) is 0 Å². The topological polar surface area (TPSA) is 95.9 Å². The van der Waals surface area contributed by atoms with Gasteiger partial charge < -0.3 is 20.3 Å². The number of carbonyl (C=O) groups excluding carboxylic acids is 2. The second-order valence-corrected chi connectivity index (χ2v) is 16.4. The van der Waals surface area contributed by atoms with Crippen LogP contribution in [0.1, 0.15) is 251 Å². The van der Waals surface area contributed by atoms with Crippen LogP contribution in [0.3, 0.4) is 0 Å². The van der Waals surface area contributed by atoms with E-state index < -0.39 is 12.1 Å². The van der Waals surface area contributed by atoms with Crippen LogP contribution in [-0.2, 0) is 14.3 Å². The van der Waals surface area contributed by atoms with Crippen LogP contribution >= 0.6 is 0 Å². The largest absolute Gasteiger partial charge is 0.466 e. The Kier molecular flexibility index (Phi) is 43.7. The molecule has 55 heavy (non-hydrogen) atoms. The molecule has 0 aromatic carbocycles. The second kappa shape index (κ2) is 45.0. The van der Waals surface area contributed by atoms with E-state index in [4.69, 9.17) is 4.74 Å². The zero-order chi connectivity index (χ0) is 40.1. The first-order valence-electron chi connectivity index (χ1n) is 24.1. The molecular weight excluding hydrogens is 683 g/mol. The van der Waals surface area contributed by atoms with E-state index in [9.17, 15) is 19.8 Å². The SMILES string of the molecule is CCCCCCC/C=C\CCCCCCCC(=O)OCCCCCCCCCCCCCCCCCC(=O)NC(CO)C(O)/C=C/CCCCCCCCC. The molecule has 0 heterocycles. The number of carbonyl (C=O) groups is 2. The van der Waals surface area contributed by atoms with E-state index in [1.807, 2.05) is 6.08 Å². The van der Waals surface area contributed by atoms with Crippen molar-refractivity contribution >= 4 is 11.9 Å². The van der Waals surface area contributed by atoms with Crippen molar-refractivity contribution in [2.24, 2.45) is 0 Å². The number of esters is 1. The van der Waals surface area contributed by atoms with E-state index in [0.717, 1.165) is 57.8 Å². The predicted octanol–water partition coefficient (Wildman–Crippen LogP) is 14.0. The molecular formula is C49H93NO5. The van der Waals surface area contributed by atoms with Crippen LogP contribution in [0, 0.1) is 0 Å².